The van der Waals surface area contributed by atoms with Gasteiger partial charge in [-0.05, 0) is 42.3 Å². The highest BCUT2D eigenvalue weighted by molar-refractivity contribution is 5.94. The molecule has 0 heterocycles. The lowest BCUT2D eigenvalue weighted by Crippen LogP contribution is -2.25. The molecule has 0 atom stereocenters. The molecule has 0 fully saturated rings. The number of aromatic hydroxyl groups is 2. The van der Waals surface area contributed by atoms with Crippen molar-refractivity contribution in [3.05, 3.63) is 59.2 Å². The van der Waals surface area contributed by atoms with Crippen LogP contribution in [-0.2, 0) is 6.42 Å². The Labute approximate surface area is 122 Å². The van der Waals surface area contributed by atoms with Gasteiger partial charge in [-0.25, -0.2) is 0 Å². The second-order valence-corrected chi connectivity index (χ2v) is 4.52. The average molecular weight is 282 g/mol. The van der Waals surface area contributed by atoms with E-state index in [-0.39, 0.29) is 17.4 Å². The van der Waals surface area contributed by atoms with Crippen molar-refractivity contribution in [2.45, 2.75) is 6.42 Å². The van der Waals surface area contributed by atoms with Crippen molar-refractivity contribution in [1.29, 1.82) is 5.26 Å². The predicted molar refractivity (Wildman–Crippen MR) is 77.0 cm³/mol. The molecule has 3 N–H and O–H groups in total. The molecule has 0 aliphatic rings. The van der Waals surface area contributed by atoms with Crippen LogP contribution in [0.1, 0.15) is 21.5 Å². The van der Waals surface area contributed by atoms with Crippen LogP contribution in [0.4, 0.5) is 0 Å². The summed E-state index contributed by atoms with van der Waals surface area (Å²) in [4.78, 5) is 11.9. The molecular weight excluding hydrogens is 268 g/mol. The maximum Gasteiger partial charge on any atom is 0.251 e. The van der Waals surface area contributed by atoms with E-state index in [0.29, 0.717) is 24.1 Å². The summed E-state index contributed by atoms with van der Waals surface area (Å²) >= 11 is 0. The lowest BCUT2D eigenvalue weighted by Gasteiger charge is -2.06. The van der Waals surface area contributed by atoms with Gasteiger partial charge in [0.15, 0.2) is 11.5 Å². The van der Waals surface area contributed by atoms with Crippen LogP contribution in [0.15, 0.2) is 42.5 Å². The minimum Gasteiger partial charge on any atom is -0.504 e. The SMILES string of the molecule is N#Cc1cccc(C(=O)NCCc2ccc(O)c(O)c2)c1. The van der Waals surface area contributed by atoms with Crippen molar-refractivity contribution < 1.29 is 15.0 Å². The molecule has 0 unspecified atom stereocenters. The highest BCUT2D eigenvalue weighted by Crippen LogP contribution is 2.24. The zero-order valence-corrected chi connectivity index (χ0v) is 11.2. The molecule has 0 aliphatic carbocycles. The molecule has 21 heavy (non-hydrogen) atoms. The summed E-state index contributed by atoms with van der Waals surface area (Å²) in [5, 5.41) is 30.1. The monoisotopic (exact) mass is 282 g/mol. The third kappa shape index (κ3) is 3.74. The lowest BCUT2D eigenvalue weighted by molar-refractivity contribution is 0.0954. The summed E-state index contributed by atoms with van der Waals surface area (Å²) in [6, 6.07) is 13.0. The number of carbonyl (C=O) groups excluding carboxylic acids is 1. The van der Waals surface area contributed by atoms with E-state index in [2.05, 4.69) is 5.32 Å². The Morgan fingerprint density at radius 3 is 2.67 bits per heavy atom. The van der Waals surface area contributed by atoms with Crippen LogP contribution < -0.4 is 5.32 Å². The topological polar surface area (TPSA) is 93.4 Å². The van der Waals surface area contributed by atoms with Gasteiger partial charge < -0.3 is 15.5 Å². The number of carbonyl (C=O) groups is 1. The van der Waals surface area contributed by atoms with Crippen LogP contribution in [0.2, 0.25) is 0 Å². The molecule has 0 saturated heterocycles. The van der Waals surface area contributed by atoms with Gasteiger partial charge >= 0.3 is 0 Å². The molecule has 5 heteroatoms. The molecule has 0 spiro atoms. The van der Waals surface area contributed by atoms with Gasteiger partial charge in [0.2, 0.25) is 0 Å². The van der Waals surface area contributed by atoms with Crippen LogP contribution in [0.3, 0.4) is 0 Å². The van der Waals surface area contributed by atoms with E-state index in [1.54, 1.807) is 24.3 Å². The Balaban J connectivity index is 1.92. The first kappa shape index (κ1) is 14.4. The smallest absolute Gasteiger partial charge is 0.251 e. The van der Waals surface area contributed by atoms with Crippen molar-refractivity contribution in [2.24, 2.45) is 0 Å². The van der Waals surface area contributed by atoms with Gasteiger partial charge in [0, 0.05) is 12.1 Å². The van der Waals surface area contributed by atoms with Crippen LogP contribution >= 0.6 is 0 Å². The van der Waals surface area contributed by atoms with Gasteiger partial charge in [0.05, 0.1) is 11.6 Å². The third-order valence-corrected chi connectivity index (χ3v) is 2.99. The summed E-state index contributed by atoms with van der Waals surface area (Å²) in [6.07, 6.45) is 0.525. The second kappa shape index (κ2) is 6.44. The summed E-state index contributed by atoms with van der Waals surface area (Å²) in [7, 11) is 0. The van der Waals surface area contributed by atoms with Crippen molar-refractivity contribution in [3.63, 3.8) is 0 Å². The van der Waals surface area contributed by atoms with E-state index in [1.807, 2.05) is 6.07 Å². The van der Waals surface area contributed by atoms with Crippen molar-refractivity contribution >= 4 is 5.91 Å². The van der Waals surface area contributed by atoms with Crippen molar-refractivity contribution in [1.82, 2.24) is 5.32 Å². The van der Waals surface area contributed by atoms with Gasteiger partial charge in [-0.1, -0.05) is 12.1 Å². The number of phenols is 2. The summed E-state index contributed by atoms with van der Waals surface area (Å²) in [5.41, 5.74) is 1.67. The number of phenolic OH excluding ortho intramolecular Hbond substituents is 2. The van der Waals surface area contributed by atoms with E-state index < -0.39 is 0 Å². The van der Waals surface area contributed by atoms with Gasteiger partial charge in [-0.2, -0.15) is 5.26 Å². The molecule has 2 aromatic carbocycles. The Bertz CT molecular complexity index is 705. The predicted octanol–water partition coefficient (Wildman–Crippen LogP) is 1.94. The molecule has 5 nitrogen and oxygen atoms in total. The Morgan fingerprint density at radius 1 is 1.14 bits per heavy atom. The molecule has 0 radical (unpaired) electrons. The maximum atomic E-state index is 11.9. The zero-order valence-electron chi connectivity index (χ0n) is 11.2. The average Bonchev–Trinajstić information content (AvgIpc) is 2.50. The van der Waals surface area contributed by atoms with E-state index in [4.69, 9.17) is 5.26 Å². The quantitative estimate of drug-likeness (QED) is 0.747. The lowest BCUT2D eigenvalue weighted by atomic mass is 10.1. The van der Waals surface area contributed by atoms with Gasteiger partial charge in [-0.3, -0.25) is 4.79 Å². The molecular formula is C16H14N2O3. The fourth-order valence-electron chi connectivity index (χ4n) is 1.88. The fraction of sp³-hybridized carbons (Fsp3) is 0.125. The summed E-state index contributed by atoms with van der Waals surface area (Å²) < 4.78 is 0. The van der Waals surface area contributed by atoms with Crippen molar-refractivity contribution in [3.8, 4) is 17.6 Å². The molecule has 0 bridgehead atoms. The second-order valence-electron chi connectivity index (χ2n) is 4.52. The summed E-state index contributed by atoms with van der Waals surface area (Å²) in [5.74, 6) is -0.605. The van der Waals surface area contributed by atoms with Crippen LogP contribution in [0, 0.1) is 11.3 Å². The molecule has 0 aromatic heterocycles. The van der Waals surface area contributed by atoms with E-state index in [0.717, 1.165) is 5.56 Å². The Morgan fingerprint density at radius 2 is 1.95 bits per heavy atom. The number of nitrogens with zero attached hydrogens (tertiary/aromatic N) is 1. The highest BCUT2D eigenvalue weighted by Gasteiger charge is 2.06. The summed E-state index contributed by atoms with van der Waals surface area (Å²) in [6.45, 7) is 0.389. The van der Waals surface area contributed by atoms with E-state index >= 15 is 0 Å². The number of amides is 1. The molecule has 2 rings (SSSR count). The molecule has 0 aliphatic heterocycles. The van der Waals surface area contributed by atoms with Gasteiger partial charge in [0.1, 0.15) is 0 Å². The highest BCUT2D eigenvalue weighted by atomic mass is 16.3. The molecule has 106 valence electrons. The van der Waals surface area contributed by atoms with Gasteiger partial charge in [-0.15, -0.1) is 0 Å². The van der Waals surface area contributed by atoms with E-state index in [9.17, 15) is 15.0 Å². The minimum absolute atomic E-state index is 0.170. The number of benzene rings is 2. The van der Waals surface area contributed by atoms with Crippen LogP contribution in [0.5, 0.6) is 11.5 Å². The first-order chi connectivity index (χ1) is 10.1. The zero-order chi connectivity index (χ0) is 15.2. The Hall–Kier alpha value is -3.00. The largest absolute Gasteiger partial charge is 0.504 e. The number of nitriles is 1. The number of rotatable bonds is 4. The minimum atomic E-state index is -0.255. The van der Waals surface area contributed by atoms with Crippen molar-refractivity contribution in [2.75, 3.05) is 6.54 Å². The maximum absolute atomic E-state index is 11.9. The van der Waals surface area contributed by atoms with Gasteiger partial charge in [0.25, 0.3) is 5.91 Å². The van der Waals surface area contributed by atoms with Crippen LogP contribution in [0.25, 0.3) is 0 Å². The molecule has 2 aromatic rings. The third-order valence-electron chi connectivity index (χ3n) is 2.99. The Kier molecular flexibility index (Phi) is 4.42. The van der Waals surface area contributed by atoms with E-state index in [1.165, 1.54) is 18.2 Å². The molecule has 1 amide bonds. The fourth-order valence-corrected chi connectivity index (χ4v) is 1.88. The first-order valence-corrected chi connectivity index (χ1v) is 6.39. The first-order valence-electron chi connectivity index (χ1n) is 6.39. The standard InChI is InChI=1S/C16H14N2O3/c17-10-12-2-1-3-13(8-12)16(21)18-7-6-11-4-5-14(19)15(20)9-11/h1-5,8-9,19-20H,6-7H2,(H,18,21). The number of nitrogens with one attached hydrogen (secondary N) is 1. The number of hydrogen-bond acceptors (Lipinski definition) is 4. The number of hydrogen-bond donors (Lipinski definition) is 3. The normalized spacial score (nSPS) is 9.86. The molecule has 0 saturated carbocycles. The van der Waals surface area contributed by atoms with Crippen LogP contribution in [-0.4, -0.2) is 22.7 Å².